The highest BCUT2D eigenvalue weighted by atomic mass is 32.2. The van der Waals surface area contributed by atoms with Crippen LogP contribution in [-0.2, 0) is 16.2 Å². The fourth-order valence-electron chi connectivity index (χ4n) is 2.42. The van der Waals surface area contributed by atoms with E-state index in [1.165, 1.54) is 43.3 Å². The molecule has 5 nitrogen and oxygen atoms in total. The maximum atomic E-state index is 13.0. The van der Waals surface area contributed by atoms with Gasteiger partial charge in [0.05, 0.1) is 10.5 Å². The summed E-state index contributed by atoms with van der Waals surface area (Å²) in [6.45, 7) is 1.29. The Morgan fingerprint density at radius 3 is 2.42 bits per heavy atom. The van der Waals surface area contributed by atoms with E-state index in [9.17, 15) is 26.4 Å². The molecule has 0 spiro atoms. The van der Waals surface area contributed by atoms with Gasteiger partial charge in [-0.2, -0.15) is 13.2 Å². The minimum atomic E-state index is -4.59. The van der Waals surface area contributed by atoms with E-state index in [4.69, 9.17) is 4.42 Å². The van der Waals surface area contributed by atoms with Crippen LogP contribution in [0.3, 0.4) is 0 Å². The summed E-state index contributed by atoms with van der Waals surface area (Å²) in [6, 6.07) is 9.49. The van der Waals surface area contributed by atoms with Crippen molar-refractivity contribution in [1.29, 1.82) is 0 Å². The van der Waals surface area contributed by atoms with E-state index >= 15 is 0 Å². The number of nitrogens with one attached hydrogen (secondary N) is 1. The lowest BCUT2D eigenvalue weighted by molar-refractivity contribution is -0.138. The lowest BCUT2D eigenvalue weighted by Crippen LogP contribution is -2.14. The molecule has 0 aliphatic rings. The van der Waals surface area contributed by atoms with Gasteiger partial charge in [-0.25, -0.2) is 13.2 Å². The molecule has 0 unspecified atom stereocenters. The molecule has 3 aromatic rings. The molecule has 2 aromatic carbocycles. The first kappa shape index (κ1) is 18.0. The lowest BCUT2D eigenvalue weighted by Gasteiger charge is -2.14. The third-order valence-corrected chi connectivity index (χ3v) is 5.08. The van der Waals surface area contributed by atoms with Gasteiger partial charge in [0.25, 0.3) is 10.0 Å². The Balaban J connectivity index is 1.99. The van der Waals surface area contributed by atoms with E-state index in [0.717, 1.165) is 12.1 Å². The summed E-state index contributed by atoms with van der Waals surface area (Å²) in [5.41, 5.74) is -1.52. The van der Waals surface area contributed by atoms with E-state index in [1.54, 1.807) is 0 Å². The normalized spacial score (nSPS) is 12.3. The summed E-state index contributed by atoms with van der Waals surface area (Å²) in [5.74, 6) is 0. The first-order chi connectivity index (χ1) is 12.1. The molecule has 0 aliphatic carbocycles. The maximum Gasteiger partial charge on any atom is 0.416 e. The summed E-state index contributed by atoms with van der Waals surface area (Å²) in [7, 11) is -4.13. The maximum absolute atomic E-state index is 13.0. The monoisotopic (exact) mass is 383 g/mol. The molecule has 0 bridgehead atoms. The average molecular weight is 383 g/mol. The van der Waals surface area contributed by atoms with E-state index < -0.39 is 27.4 Å². The molecule has 9 heteroatoms. The summed E-state index contributed by atoms with van der Waals surface area (Å²) in [4.78, 5) is 11.0. The number of hydrogen-bond donors (Lipinski definition) is 1. The number of fused-ring (bicyclic) bond motifs is 1. The molecule has 0 radical (unpaired) electrons. The fraction of sp³-hybridized carbons (Fsp3) is 0.118. The molecule has 1 heterocycles. The molecule has 3 rings (SSSR count). The van der Waals surface area contributed by atoms with Crippen LogP contribution in [0.4, 0.5) is 18.9 Å². The molecule has 0 saturated carbocycles. The number of anilines is 1. The van der Waals surface area contributed by atoms with Gasteiger partial charge in [0.1, 0.15) is 5.58 Å². The number of halogens is 3. The molecule has 0 saturated heterocycles. The SMILES string of the molecule is Cc1ccc(NS(=O)(=O)c2ccc3oc(=O)ccc3c2)cc1C(F)(F)F. The summed E-state index contributed by atoms with van der Waals surface area (Å²) < 4.78 is 70.9. The molecule has 0 amide bonds. The second kappa shape index (κ2) is 6.17. The van der Waals surface area contributed by atoms with Crippen LogP contribution in [0.15, 0.2) is 62.6 Å². The zero-order chi connectivity index (χ0) is 19.1. The van der Waals surface area contributed by atoms with Crippen LogP contribution in [-0.4, -0.2) is 8.42 Å². The van der Waals surface area contributed by atoms with Crippen LogP contribution in [0.25, 0.3) is 11.0 Å². The first-order valence-electron chi connectivity index (χ1n) is 7.31. The summed E-state index contributed by atoms with van der Waals surface area (Å²) >= 11 is 0. The van der Waals surface area contributed by atoms with Crippen LogP contribution < -0.4 is 10.3 Å². The van der Waals surface area contributed by atoms with E-state index in [2.05, 4.69) is 4.72 Å². The van der Waals surface area contributed by atoms with Gasteiger partial charge in [-0.1, -0.05) is 6.07 Å². The van der Waals surface area contributed by atoms with E-state index in [0.29, 0.717) is 5.39 Å². The van der Waals surface area contributed by atoms with Gasteiger partial charge < -0.3 is 4.42 Å². The second-order valence-corrected chi connectivity index (χ2v) is 7.27. The minimum Gasteiger partial charge on any atom is -0.423 e. The van der Waals surface area contributed by atoms with Crippen LogP contribution in [0.5, 0.6) is 0 Å². The molecule has 0 aliphatic heterocycles. The van der Waals surface area contributed by atoms with Crippen molar-refractivity contribution in [3.63, 3.8) is 0 Å². The molecule has 26 heavy (non-hydrogen) atoms. The van der Waals surface area contributed by atoms with Crippen molar-refractivity contribution in [2.75, 3.05) is 4.72 Å². The average Bonchev–Trinajstić information content (AvgIpc) is 2.54. The predicted octanol–water partition coefficient (Wildman–Crippen LogP) is 3.92. The Labute approximate surface area is 146 Å². The zero-order valence-electron chi connectivity index (χ0n) is 13.3. The predicted molar refractivity (Wildman–Crippen MR) is 89.5 cm³/mol. The van der Waals surface area contributed by atoms with Gasteiger partial charge in [-0.15, -0.1) is 0 Å². The number of hydrogen-bond acceptors (Lipinski definition) is 4. The van der Waals surface area contributed by atoms with Crippen molar-refractivity contribution >= 4 is 26.7 Å². The lowest BCUT2D eigenvalue weighted by atomic mass is 10.1. The number of aryl methyl sites for hydroxylation is 1. The Morgan fingerprint density at radius 1 is 1.00 bits per heavy atom. The van der Waals surface area contributed by atoms with Crippen LogP contribution in [0, 0.1) is 6.92 Å². The van der Waals surface area contributed by atoms with Crippen molar-refractivity contribution < 1.29 is 26.0 Å². The molecule has 0 fully saturated rings. The summed E-state index contributed by atoms with van der Waals surface area (Å²) in [6.07, 6.45) is -4.59. The van der Waals surface area contributed by atoms with Crippen molar-refractivity contribution in [2.45, 2.75) is 18.0 Å². The quantitative estimate of drug-likeness (QED) is 0.696. The van der Waals surface area contributed by atoms with Gasteiger partial charge in [-0.3, -0.25) is 4.72 Å². The van der Waals surface area contributed by atoms with Crippen LogP contribution in [0.1, 0.15) is 11.1 Å². The third-order valence-electron chi connectivity index (χ3n) is 3.70. The standard InChI is InChI=1S/C17H12F3NO4S/c1-10-2-4-12(9-14(10)17(18,19)20)21-26(23,24)13-5-6-15-11(8-13)3-7-16(22)25-15/h2-9,21H,1H3. The number of alkyl halides is 3. The largest absolute Gasteiger partial charge is 0.423 e. The number of sulfonamides is 1. The van der Waals surface area contributed by atoms with Gasteiger partial charge in [0.2, 0.25) is 0 Å². The Kier molecular flexibility index (Phi) is 4.27. The number of benzene rings is 2. The highest BCUT2D eigenvalue weighted by Crippen LogP contribution is 2.34. The van der Waals surface area contributed by atoms with Gasteiger partial charge >= 0.3 is 11.8 Å². The Bertz CT molecular complexity index is 1150. The fourth-order valence-corrected chi connectivity index (χ4v) is 3.51. The van der Waals surface area contributed by atoms with Crippen LogP contribution in [0.2, 0.25) is 0 Å². The molecular weight excluding hydrogens is 371 g/mol. The smallest absolute Gasteiger partial charge is 0.416 e. The van der Waals surface area contributed by atoms with Gasteiger partial charge in [-0.05, 0) is 48.9 Å². The highest BCUT2D eigenvalue weighted by molar-refractivity contribution is 7.92. The van der Waals surface area contributed by atoms with Crippen molar-refractivity contribution in [3.05, 3.63) is 70.1 Å². The van der Waals surface area contributed by atoms with Gasteiger partial charge in [0.15, 0.2) is 0 Å². The van der Waals surface area contributed by atoms with Crippen molar-refractivity contribution in [3.8, 4) is 0 Å². The topological polar surface area (TPSA) is 76.4 Å². The second-order valence-electron chi connectivity index (χ2n) is 5.59. The molecule has 1 N–H and O–H groups in total. The number of rotatable bonds is 3. The minimum absolute atomic E-state index is 0.0128. The van der Waals surface area contributed by atoms with Crippen molar-refractivity contribution in [1.82, 2.24) is 0 Å². The first-order valence-corrected chi connectivity index (χ1v) is 8.79. The van der Waals surface area contributed by atoms with Crippen LogP contribution >= 0.6 is 0 Å². The Morgan fingerprint density at radius 2 is 1.73 bits per heavy atom. The molecular formula is C17H12F3NO4S. The molecule has 136 valence electrons. The zero-order valence-corrected chi connectivity index (χ0v) is 14.1. The highest BCUT2D eigenvalue weighted by Gasteiger charge is 2.32. The summed E-state index contributed by atoms with van der Waals surface area (Å²) in [5, 5.41) is 0.368. The van der Waals surface area contributed by atoms with Gasteiger partial charge in [0, 0.05) is 17.1 Å². The molecule has 1 aromatic heterocycles. The molecule has 0 atom stereocenters. The third kappa shape index (κ3) is 3.57. The van der Waals surface area contributed by atoms with E-state index in [1.807, 2.05) is 0 Å². The Hall–Kier alpha value is -2.81. The van der Waals surface area contributed by atoms with E-state index in [-0.39, 0.29) is 21.7 Å². The van der Waals surface area contributed by atoms with Crippen molar-refractivity contribution in [2.24, 2.45) is 0 Å².